The number of hydrogen-bond acceptors (Lipinski definition) is 6. The lowest BCUT2D eigenvalue weighted by Crippen LogP contribution is -2.55. The first-order valence-electron chi connectivity index (χ1n) is 5.56. The number of hydroxylamine groups is 2. The molecule has 1 aromatic rings. The monoisotopic (exact) mass is 251 g/mol. The van der Waals surface area contributed by atoms with E-state index in [4.69, 9.17) is 4.84 Å². The van der Waals surface area contributed by atoms with Crippen LogP contribution < -0.4 is 5.32 Å². The average Bonchev–Trinajstić information content (AvgIpc) is 2.40. The largest absolute Gasteiger partial charge is 0.357 e. The topological polar surface area (TPSA) is 84.7 Å². The number of benzene rings is 1. The van der Waals surface area contributed by atoms with Gasteiger partial charge in [-0.1, -0.05) is 23.3 Å². The summed E-state index contributed by atoms with van der Waals surface area (Å²) in [7, 11) is 0. The fourth-order valence-corrected chi connectivity index (χ4v) is 1.69. The van der Waals surface area contributed by atoms with Crippen LogP contribution in [0.25, 0.3) is 0 Å². The summed E-state index contributed by atoms with van der Waals surface area (Å²) in [6, 6.07) is 8.40. The standard InChI is InChI=1S/C11H13N3O4/c15-11(9-4-2-1-3-5-9)18-13-7-6-12-8-10(13)14(16)17/h1-5,10,12H,6-8H2. The summed E-state index contributed by atoms with van der Waals surface area (Å²) in [6.45, 7) is 1.01. The highest BCUT2D eigenvalue weighted by molar-refractivity contribution is 5.89. The lowest BCUT2D eigenvalue weighted by molar-refractivity contribution is -0.571. The van der Waals surface area contributed by atoms with Crippen LogP contribution in [-0.2, 0) is 4.84 Å². The average molecular weight is 251 g/mol. The Balaban J connectivity index is 2.03. The number of nitrogens with one attached hydrogen (secondary N) is 1. The first-order chi connectivity index (χ1) is 8.68. The number of nitro groups is 1. The molecule has 0 radical (unpaired) electrons. The Morgan fingerprint density at radius 3 is 2.83 bits per heavy atom. The second-order valence-corrected chi connectivity index (χ2v) is 3.86. The van der Waals surface area contributed by atoms with E-state index in [9.17, 15) is 14.9 Å². The summed E-state index contributed by atoms with van der Waals surface area (Å²) in [6.07, 6.45) is -1.04. The smallest absolute Gasteiger partial charge is 0.357 e. The van der Waals surface area contributed by atoms with Gasteiger partial charge >= 0.3 is 12.1 Å². The van der Waals surface area contributed by atoms with Crippen molar-refractivity contribution in [3.63, 3.8) is 0 Å². The van der Waals surface area contributed by atoms with Gasteiger partial charge in [0.2, 0.25) is 0 Å². The number of nitrogens with zero attached hydrogens (tertiary/aromatic N) is 2. The van der Waals surface area contributed by atoms with Crippen LogP contribution in [0.2, 0.25) is 0 Å². The summed E-state index contributed by atoms with van der Waals surface area (Å²) >= 11 is 0. The molecule has 0 spiro atoms. The third-order valence-corrected chi connectivity index (χ3v) is 2.62. The zero-order chi connectivity index (χ0) is 13.0. The van der Waals surface area contributed by atoms with Crippen molar-refractivity contribution in [2.24, 2.45) is 0 Å². The predicted octanol–water partition coefficient (Wildman–Crippen LogP) is 0.266. The summed E-state index contributed by atoms with van der Waals surface area (Å²) in [5.74, 6) is -0.579. The molecular weight excluding hydrogens is 238 g/mol. The van der Waals surface area contributed by atoms with Gasteiger partial charge in [-0.2, -0.15) is 0 Å². The van der Waals surface area contributed by atoms with E-state index >= 15 is 0 Å². The predicted molar refractivity (Wildman–Crippen MR) is 62.2 cm³/mol. The Kier molecular flexibility index (Phi) is 3.85. The quantitative estimate of drug-likeness (QED) is 0.613. The molecule has 0 aromatic heterocycles. The van der Waals surface area contributed by atoms with E-state index in [1.165, 1.54) is 0 Å². The molecule has 0 bridgehead atoms. The van der Waals surface area contributed by atoms with Gasteiger partial charge in [0.1, 0.15) is 0 Å². The molecule has 0 aliphatic carbocycles. The summed E-state index contributed by atoms with van der Waals surface area (Å²) in [5, 5.41) is 14.8. The molecule has 0 amide bonds. The van der Waals surface area contributed by atoms with Crippen LogP contribution in [0, 0.1) is 10.1 Å². The van der Waals surface area contributed by atoms with Gasteiger partial charge < -0.3 is 10.2 Å². The van der Waals surface area contributed by atoms with E-state index < -0.39 is 17.1 Å². The second-order valence-electron chi connectivity index (χ2n) is 3.86. The molecule has 1 saturated heterocycles. The SMILES string of the molecule is O=C(ON1CCNCC1[N+](=O)[O-])c1ccccc1. The molecule has 18 heavy (non-hydrogen) atoms. The van der Waals surface area contributed by atoms with E-state index in [0.717, 1.165) is 5.06 Å². The Morgan fingerprint density at radius 1 is 1.44 bits per heavy atom. The first kappa shape index (κ1) is 12.5. The van der Waals surface area contributed by atoms with Gasteiger partial charge in [0.15, 0.2) is 0 Å². The van der Waals surface area contributed by atoms with E-state index in [1.54, 1.807) is 30.3 Å². The van der Waals surface area contributed by atoms with Crippen molar-refractivity contribution >= 4 is 5.97 Å². The molecule has 1 unspecified atom stereocenters. The minimum atomic E-state index is -1.04. The Hall–Kier alpha value is -1.99. The minimum absolute atomic E-state index is 0.162. The number of carbonyl (C=O) groups excluding carboxylic acids is 1. The second kappa shape index (κ2) is 5.56. The van der Waals surface area contributed by atoms with Crippen LogP contribution >= 0.6 is 0 Å². The van der Waals surface area contributed by atoms with Crippen molar-refractivity contribution in [3.8, 4) is 0 Å². The maximum atomic E-state index is 11.8. The lowest BCUT2D eigenvalue weighted by Gasteiger charge is -2.28. The maximum Gasteiger partial charge on any atom is 0.357 e. The number of piperazine rings is 1. The number of rotatable bonds is 3. The van der Waals surface area contributed by atoms with Crippen molar-refractivity contribution in [2.45, 2.75) is 6.17 Å². The highest BCUT2D eigenvalue weighted by atomic mass is 16.7. The third-order valence-electron chi connectivity index (χ3n) is 2.62. The van der Waals surface area contributed by atoms with Crippen LogP contribution in [0.15, 0.2) is 30.3 Å². The van der Waals surface area contributed by atoms with Crippen LogP contribution in [0.4, 0.5) is 0 Å². The summed E-state index contributed by atoms with van der Waals surface area (Å²) in [5.41, 5.74) is 0.373. The molecule has 7 nitrogen and oxygen atoms in total. The van der Waals surface area contributed by atoms with Crippen molar-refractivity contribution in [2.75, 3.05) is 19.6 Å². The van der Waals surface area contributed by atoms with E-state index in [1.807, 2.05) is 0 Å². The molecule has 1 N–H and O–H groups in total. The van der Waals surface area contributed by atoms with Gasteiger partial charge in [-0.3, -0.25) is 10.1 Å². The molecule has 2 rings (SSSR count). The van der Waals surface area contributed by atoms with Crippen molar-refractivity contribution in [3.05, 3.63) is 46.0 Å². The molecule has 1 fully saturated rings. The van der Waals surface area contributed by atoms with Crippen molar-refractivity contribution < 1.29 is 14.6 Å². The fraction of sp³-hybridized carbons (Fsp3) is 0.364. The summed E-state index contributed by atoms with van der Waals surface area (Å²) in [4.78, 5) is 27.2. The minimum Gasteiger partial charge on any atom is -0.357 e. The molecule has 1 heterocycles. The summed E-state index contributed by atoms with van der Waals surface area (Å²) < 4.78 is 0. The Labute approximate surface area is 103 Å². The zero-order valence-electron chi connectivity index (χ0n) is 9.61. The Bertz CT molecular complexity index is 437. The highest BCUT2D eigenvalue weighted by Gasteiger charge is 2.34. The zero-order valence-corrected chi connectivity index (χ0v) is 9.61. The fourth-order valence-electron chi connectivity index (χ4n) is 1.69. The van der Waals surface area contributed by atoms with Crippen molar-refractivity contribution in [1.82, 2.24) is 10.4 Å². The lowest BCUT2D eigenvalue weighted by atomic mass is 10.2. The van der Waals surface area contributed by atoms with Crippen LogP contribution in [0.1, 0.15) is 10.4 Å². The molecule has 1 aliphatic heterocycles. The van der Waals surface area contributed by atoms with Gasteiger partial charge in [-0.05, 0) is 12.1 Å². The van der Waals surface area contributed by atoms with E-state index in [0.29, 0.717) is 18.7 Å². The van der Waals surface area contributed by atoms with Gasteiger partial charge in [0, 0.05) is 11.5 Å². The van der Waals surface area contributed by atoms with Gasteiger partial charge in [0.05, 0.1) is 18.7 Å². The maximum absolute atomic E-state index is 11.8. The molecule has 1 aromatic carbocycles. The third kappa shape index (κ3) is 2.82. The van der Waals surface area contributed by atoms with Crippen LogP contribution in [0.3, 0.4) is 0 Å². The van der Waals surface area contributed by atoms with E-state index in [2.05, 4.69) is 5.32 Å². The number of carbonyl (C=O) groups is 1. The van der Waals surface area contributed by atoms with Gasteiger partial charge in [0.25, 0.3) is 0 Å². The number of hydrogen-bond donors (Lipinski definition) is 1. The molecule has 7 heteroatoms. The molecule has 1 atom stereocenters. The van der Waals surface area contributed by atoms with Gasteiger partial charge in [-0.25, -0.2) is 4.79 Å². The molecule has 96 valence electrons. The Morgan fingerprint density at radius 2 is 2.17 bits per heavy atom. The highest BCUT2D eigenvalue weighted by Crippen LogP contribution is 2.09. The van der Waals surface area contributed by atoms with E-state index in [-0.39, 0.29) is 6.54 Å². The molecular formula is C11H13N3O4. The molecule has 1 aliphatic rings. The molecule has 0 saturated carbocycles. The normalized spacial score (nSPS) is 20.3. The van der Waals surface area contributed by atoms with Gasteiger partial charge in [-0.15, -0.1) is 0 Å². The van der Waals surface area contributed by atoms with Crippen LogP contribution in [-0.4, -0.2) is 41.8 Å². The van der Waals surface area contributed by atoms with Crippen molar-refractivity contribution in [1.29, 1.82) is 0 Å². The van der Waals surface area contributed by atoms with Crippen LogP contribution in [0.5, 0.6) is 0 Å². The first-order valence-corrected chi connectivity index (χ1v) is 5.56.